The molecule has 14 heavy (non-hydrogen) atoms. The van der Waals surface area contributed by atoms with Crippen LogP contribution in [0, 0.1) is 0 Å². The van der Waals surface area contributed by atoms with Crippen LogP contribution in [0.15, 0.2) is 0 Å². The molecule has 0 aliphatic rings. The van der Waals surface area contributed by atoms with Gasteiger partial charge in [0.25, 0.3) is 0 Å². The van der Waals surface area contributed by atoms with Gasteiger partial charge >= 0.3 is 7.32 Å². The van der Waals surface area contributed by atoms with Gasteiger partial charge in [-0.25, -0.2) is 0 Å². The molecule has 0 saturated heterocycles. The third kappa shape index (κ3) is 10.4. The molecular formula is C7H18BBrO5. The van der Waals surface area contributed by atoms with Gasteiger partial charge in [0, 0.05) is 0 Å². The number of hydrogen-bond donors (Lipinski definition) is 4. The number of alkyl halides is 1. The van der Waals surface area contributed by atoms with E-state index < -0.39 is 18.5 Å². The minimum Gasteiger partial charge on any atom is -0.402 e. The van der Waals surface area contributed by atoms with Crippen LogP contribution >= 0.6 is 15.9 Å². The highest BCUT2D eigenvalue weighted by Crippen LogP contribution is 2.19. The first kappa shape index (κ1) is 16.8. The Balaban J connectivity index is 0. The fraction of sp³-hybridized carbons (Fsp3) is 1.00. The lowest BCUT2D eigenvalue weighted by Gasteiger charge is -2.31. The SMILES string of the molecule is CC(C)(O)C(C)(C)O.OB(O)OCBr. The number of hydrogen-bond acceptors (Lipinski definition) is 5. The Bertz CT molecular complexity index is 128. The maximum atomic E-state index is 9.10. The minimum atomic E-state index is -1.65. The highest BCUT2D eigenvalue weighted by atomic mass is 79.9. The summed E-state index contributed by atoms with van der Waals surface area (Å²) in [6.07, 6.45) is 0. The van der Waals surface area contributed by atoms with Crippen LogP contribution in [0.1, 0.15) is 27.7 Å². The maximum Gasteiger partial charge on any atom is 0.634 e. The van der Waals surface area contributed by atoms with Crippen LogP contribution in [-0.2, 0) is 4.65 Å². The average Bonchev–Trinajstić information content (AvgIpc) is 1.82. The molecule has 0 spiro atoms. The fourth-order valence-corrected chi connectivity index (χ4v) is 0.293. The molecule has 0 unspecified atom stereocenters. The Morgan fingerprint density at radius 2 is 1.36 bits per heavy atom. The van der Waals surface area contributed by atoms with E-state index in [9.17, 15) is 0 Å². The summed E-state index contributed by atoms with van der Waals surface area (Å²) in [7, 11) is -1.65. The van der Waals surface area contributed by atoms with Gasteiger partial charge in [-0.1, -0.05) is 15.9 Å². The Kier molecular flexibility index (Phi) is 8.09. The molecule has 0 aliphatic heterocycles. The largest absolute Gasteiger partial charge is 0.634 e. The van der Waals surface area contributed by atoms with E-state index in [0.717, 1.165) is 0 Å². The summed E-state index contributed by atoms with van der Waals surface area (Å²) >= 11 is 2.81. The highest BCUT2D eigenvalue weighted by molar-refractivity contribution is 9.09. The molecule has 0 atom stereocenters. The molecular weight excluding hydrogens is 255 g/mol. The van der Waals surface area contributed by atoms with Crippen LogP contribution in [0.25, 0.3) is 0 Å². The number of aliphatic hydroxyl groups is 2. The molecule has 0 fully saturated rings. The van der Waals surface area contributed by atoms with Crippen LogP contribution in [0.3, 0.4) is 0 Å². The zero-order valence-corrected chi connectivity index (χ0v) is 10.4. The van der Waals surface area contributed by atoms with E-state index in [1.54, 1.807) is 27.7 Å². The smallest absolute Gasteiger partial charge is 0.402 e. The Labute approximate surface area is 93.0 Å². The lowest BCUT2D eigenvalue weighted by Crippen LogP contribution is -2.44. The predicted molar refractivity (Wildman–Crippen MR) is 57.7 cm³/mol. The molecule has 7 heteroatoms. The van der Waals surface area contributed by atoms with Crippen LogP contribution in [-0.4, -0.2) is 44.3 Å². The maximum absolute atomic E-state index is 9.10. The first-order valence-corrected chi connectivity index (χ1v) is 5.13. The summed E-state index contributed by atoms with van der Waals surface area (Å²) in [5.41, 5.74) is -1.87. The first-order chi connectivity index (χ1) is 6.02. The minimum absolute atomic E-state index is 0.144. The summed E-state index contributed by atoms with van der Waals surface area (Å²) in [6, 6.07) is 0. The monoisotopic (exact) mass is 272 g/mol. The van der Waals surface area contributed by atoms with E-state index in [1.165, 1.54) is 0 Å². The Morgan fingerprint density at radius 3 is 1.36 bits per heavy atom. The fourth-order valence-electron chi connectivity index (χ4n) is 0.0563. The third-order valence-electron chi connectivity index (χ3n) is 1.71. The molecule has 0 heterocycles. The van der Waals surface area contributed by atoms with Crippen LogP contribution < -0.4 is 0 Å². The van der Waals surface area contributed by atoms with Crippen LogP contribution in [0.2, 0.25) is 0 Å². The lowest BCUT2D eigenvalue weighted by molar-refractivity contribution is -0.107. The summed E-state index contributed by atoms with van der Waals surface area (Å²) < 4.78 is 4.07. The molecule has 0 aromatic rings. The van der Waals surface area contributed by atoms with Crippen LogP contribution in [0.5, 0.6) is 0 Å². The molecule has 0 amide bonds. The van der Waals surface area contributed by atoms with Gasteiger partial charge < -0.3 is 24.9 Å². The van der Waals surface area contributed by atoms with Crippen molar-refractivity contribution in [1.82, 2.24) is 0 Å². The first-order valence-electron chi connectivity index (χ1n) is 4.01. The molecule has 5 nitrogen and oxygen atoms in total. The van der Waals surface area contributed by atoms with E-state index in [-0.39, 0.29) is 5.52 Å². The van der Waals surface area contributed by atoms with Gasteiger partial charge in [0.15, 0.2) is 0 Å². The molecule has 0 aliphatic carbocycles. The lowest BCUT2D eigenvalue weighted by atomic mass is 9.90. The summed E-state index contributed by atoms with van der Waals surface area (Å²) in [5, 5.41) is 33.9. The predicted octanol–water partition coefficient (Wildman–Crippen LogP) is -0.147. The second kappa shape index (κ2) is 6.76. The van der Waals surface area contributed by atoms with E-state index in [1.807, 2.05) is 0 Å². The number of halogens is 1. The molecule has 0 rings (SSSR count). The molecule has 0 bridgehead atoms. The van der Waals surface area contributed by atoms with E-state index in [0.29, 0.717) is 0 Å². The second-order valence-corrected chi connectivity index (χ2v) is 4.18. The van der Waals surface area contributed by atoms with Crippen molar-refractivity contribution in [2.45, 2.75) is 38.9 Å². The molecule has 4 N–H and O–H groups in total. The van der Waals surface area contributed by atoms with Gasteiger partial charge in [0.1, 0.15) is 0 Å². The van der Waals surface area contributed by atoms with Crippen molar-refractivity contribution < 1.29 is 24.9 Å². The average molecular weight is 273 g/mol. The summed E-state index contributed by atoms with van der Waals surface area (Å²) in [4.78, 5) is 0. The molecule has 86 valence electrons. The van der Waals surface area contributed by atoms with Crippen molar-refractivity contribution in [2.75, 3.05) is 5.52 Å². The van der Waals surface area contributed by atoms with Gasteiger partial charge in [-0.2, -0.15) is 0 Å². The highest BCUT2D eigenvalue weighted by Gasteiger charge is 2.31. The summed E-state index contributed by atoms with van der Waals surface area (Å²) in [6.45, 7) is 6.31. The van der Waals surface area contributed by atoms with Crippen molar-refractivity contribution >= 4 is 23.3 Å². The van der Waals surface area contributed by atoms with E-state index in [4.69, 9.17) is 20.3 Å². The molecule has 0 aromatic carbocycles. The molecule has 0 radical (unpaired) electrons. The normalized spacial score (nSPS) is 11.8. The van der Waals surface area contributed by atoms with Crippen molar-refractivity contribution in [3.63, 3.8) is 0 Å². The zero-order valence-electron chi connectivity index (χ0n) is 8.86. The van der Waals surface area contributed by atoms with Gasteiger partial charge in [-0.05, 0) is 27.7 Å². The quantitative estimate of drug-likeness (QED) is 0.424. The third-order valence-corrected chi connectivity index (χ3v) is 1.97. The van der Waals surface area contributed by atoms with Crippen LogP contribution in [0.4, 0.5) is 0 Å². The second-order valence-electron chi connectivity index (χ2n) is 3.72. The van der Waals surface area contributed by atoms with E-state index >= 15 is 0 Å². The summed E-state index contributed by atoms with van der Waals surface area (Å²) in [5.74, 6) is 0. The van der Waals surface area contributed by atoms with E-state index in [2.05, 4.69) is 20.6 Å². The number of rotatable bonds is 3. The molecule has 0 aromatic heterocycles. The standard InChI is InChI=1S/C6H14O2.CH4BBrO3/c1-5(2,7)6(3,4)8;3-1-6-2(4)5/h7-8H,1-4H3;4-5H,1H2. The van der Waals surface area contributed by atoms with Gasteiger partial charge in [0.2, 0.25) is 0 Å². The zero-order chi connectivity index (χ0) is 12.0. The van der Waals surface area contributed by atoms with Crippen molar-refractivity contribution in [3.05, 3.63) is 0 Å². The molecule has 0 saturated carbocycles. The van der Waals surface area contributed by atoms with Crippen molar-refractivity contribution in [3.8, 4) is 0 Å². The van der Waals surface area contributed by atoms with Crippen molar-refractivity contribution in [1.29, 1.82) is 0 Å². The van der Waals surface area contributed by atoms with Gasteiger partial charge in [-0.3, -0.25) is 0 Å². The Morgan fingerprint density at radius 1 is 1.07 bits per heavy atom. The van der Waals surface area contributed by atoms with Crippen molar-refractivity contribution in [2.24, 2.45) is 0 Å². The topological polar surface area (TPSA) is 90.2 Å². The van der Waals surface area contributed by atoms with Gasteiger partial charge in [-0.15, -0.1) is 0 Å². The van der Waals surface area contributed by atoms with Gasteiger partial charge in [0.05, 0.1) is 16.7 Å². The Hall–Kier alpha value is 0.345.